The summed E-state index contributed by atoms with van der Waals surface area (Å²) in [4.78, 5) is 64.7. The zero-order valence-corrected chi connectivity index (χ0v) is 61.0. The summed E-state index contributed by atoms with van der Waals surface area (Å²) in [5.41, 5.74) is 5.93. The summed E-state index contributed by atoms with van der Waals surface area (Å²) in [7, 11) is -6.77. The maximum atomic E-state index is 14.7. The number of hydrogen-bond acceptors (Lipinski definition) is 21. The summed E-state index contributed by atoms with van der Waals surface area (Å²) < 4.78 is 104. The molecule has 3 amide bonds. The van der Waals surface area contributed by atoms with Crippen molar-refractivity contribution in [2.75, 3.05) is 50.3 Å². The average Bonchev–Trinajstić information content (AvgIpc) is 1.63. The molecule has 5 aromatic rings. The highest BCUT2D eigenvalue weighted by Crippen LogP contribution is 2.37. The highest BCUT2D eigenvalue weighted by Gasteiger charge is 2.39. The molecule has 2 aromatic carbocycles. The van der Waals surface area contributed by atoms with Crippen LogP contribution in [0.3, 0.4) is 0 Å². The molecule has 0 atom stereocenters. The fourth-order valence-electron chi connectivity index (χ4n) is 9.00. The topological polar surface area (TPSA) is 311 Å². The second-order valence-electron chi connectivity index (χ2n) is 26.0. The second kappa shape index (κ2) is 35.2. The smallest absolute Gasteiger partial charge is 0.410 e. The molecule has 5 fully saturated rings. The number of aliphatic hydroxyl groups is 1. The number of nitrogens with zero attached hydrogens (tertiary/aromatic N) is 9. The fraction of sp³-hybridized carbons (Fsp3) is 0.585. The summed E-state index contributed by atoms with van der Waals surface area (Å²) >= 11 is 17.1. The first-order valence-electron chi connectivity index (χ1n) is 31.8. The number of nitrogen functional groups attached to an aromatic ring is 1. The largest absolute Gasteiger partial charge is 0.474 e. The molecule has 3 aliphatic heterocycles. The number of likely N-dealkylation sites (tertiary alicyclic amines) is 3. The number of carbonyl (C=O) groups excluding carboxylic acids is 3. The molecular formula is C65H92Cl3F2N11O13S2. The quantitative estimate of drug-likeness (QED) is 0.0664. The van der Waals surface area contributed by atoms with Crippen LogP contribution in [0.25, 0.3) is 0 Å². The SMILES string of the molecule is CC.CC(C)(C)OC(=O)N1CCC(O)CC1.Cc1c(Cl)ncnc1Cl.Cc1c(Cl)ncnc1OC1CCN(C(=O)OC(C)(C)C)CC1.Cc1c(Nc2ccc(S(=O)(=O)C3CC3)cc2F)ncnc1OC1CCN(C(=O)OC(C)(C)C)CC1.Nc1ccc(S(=O)(=O)C2CC2)cc1F. The van der Waals surface area contributed by atoms with Gasteiger partial charge in [-0.15, -0.1) is 0 Å². The van der Waals surface area contributed by atoms with E-state index in [0.29, 0.717) is 129 Å². The van der Waals surface area contributed by atoms with Gasteiger partial charge in [0.05, 0.1) is 43.3 Å². The van der Waals surface area contributed by atoms with Crippen LogP contribution in [0.4, 0.5) is 40.4 Å². The Labute approximate surface area is 577 Å². The Hall–Kier alpha value is -6.72. The molecule has 10 rings (SSSR count). The van der Waals surface area contributed by atoms with Crippen molar-refractivity contribution in [2.24, 2.45) is 0 Å². The third-order valence-electron chi connectivity index (χ3n) is 14.6. The predicted octanol–water partition coefficient (Wildman–Crippen LogP) is 13.4. The Morgan fingerprint density at radius 1 is 0.521 bits per heavy atom. The summed E-state index contributed by atoms with van der Waals surface area (Å²) in [5, 5.41) is 12.7. The molecule has 0 spiro atoms. The Balaban J connectivity index is 0.000000234. The van der Waals surface area contributed by atoms with Crippen molar-refractivity contribution in [1.82, 2.24) is 44.6 Å². The van der Waals surface area contributed by atoms with Crippen molar-refractivity contribution >= 4 is 89.9 Å². The van der Waals surface area contributed by atoms with E-state index in [2.05, 4.69) is 35.2 Å². The minimum Gasteiger partial charge on any atom is -0.474 e. The summed E-state index contributed by atoms with van der Waals surface area (Å²) in [6, 6.07) is 7.48. The van der Waals surface area contributed by atoms with E-state index in [1.54, 1.807) is 28.5 Å². The highest BCUT2D eigenvalue weighted by atomic mass is 35.5. The van der Waals surface area contributed by atoms with E-state index in [4.69, 9.17) is 64.2 Å². The van der Waals surface area contributed by atoms with Crippen LogP contribution in [0.5, 0.6) is 11.8 Å². The lowest BCUT2D eigenvalue weighted by molar-refractivity contribution is 0.00934. The molecule has 3 saturated heterocycles. The van der Waals surface area contributed by atoms with E-state index >= 15 is 0 Å². The standard InChI is InChI=1S/C24H31FN4O5S.C15H22ClN3O3.C10H19NO3.C9H10FNO2S.C5H4Cl2N2.C2H6/c1-15-21(28-20-8-7-18(13-19(20)25)35(31,32)17-5-6-17)26-14-27-22(15)33-16-9-11-29(12-10-16)23(30)34-24(2,3)4;1-10-12(16)17-9-18-13(10)21-11-5-7-19(8-6-11)14(20)22-15(2,3)4;1-10(2,3)14-9(13)11-6-4-8(12)5-7-11;10-8-5-7(3-4-9(8)11)14(12,13)6-1-2-6;1-3-4(6)8-2-9-5(3)7;1-2/h7-8,13-14,16-17H,5-6,9-12H2,1-4H3,(H,26,27,28);9,11H,5-8H2,1-4H3;8,12H,4-7H2,1-3H3;3-6H,1-2,11H2;2H,1H3;1-2H3. The number of sulfone groups is 2. The average molecular weight is 1440 g/mol. The monoisotopic (exact) mass is 1440 g/mol. The molecule has 2 saturated carbocycles. The first kappa shape index (κ1) is 80.0. The lowest BCUT2D eigenvalue weighted by atomic mass is 10.1. The third-order valence-corrected chi connectivity index (χ3v) is 20.2. The molecule has 0 radical (unpaired) electrons. The lowest BCUT2D eigenvalue weighted by Crippen LogP contribution is -2.44. The number of benzene rings is 2. The van der Waals surface area contributed by atoms with E-state index in [1.807, 2.05) is 83.1 Å². The van der Waals surface area contributed by atoms with Crippen LogP contribution in [-0.4, -0.2) is 170 Å². The van der Waals surface area contributed by atoms with E-state index in [0.717, 1.165) is 36.1 Å². The van der Waals surface area contributed by atoms with Crippen molar-refractivity contribution in [3.05, 3.63) is 99.2 Å². The second-order valence-corrected chi connectivity index (χ2v) is 31.6. The highest BCUT2D eigenvalue weighted by molar-refractivity contribution is 7.92. The van der Waals surface area contributed by atoms with Gasteiger partial charge < -0.3 is 54.5 Å². The zero-order valence-electron chi connectivity index (χ0n) is 57.1. The van der Waals surface area contributed by atoms with Crippen LogP contribution in [-0.2, 0) is 33.9 Å². The van der Waals surface area contributed by atoms with Gasteiger partial charge in [0.2, 0.25) is 11.8 Å². The number of aromatic nitrogens is 6. The fourth-order valence-corrected chi connectivity index (χ4v) is 12.8. The van der Waals surface area contributed by atoms with Crippen LogP contribution in [0, 0.1) is 32.4 Å². The number of piperidine rings is 3. The van der Waals surface area contributed by atoms with Gasteiger partial charge in [-0.2, -0.15) is 0 Å². The first-order valence-corrected chi connectivity index (χ1v) is 36.0. The van der Waals surface area contributed by atoms with Gasteiger partial charge in [-0.05, 0) is 158 Å². The number of nitrogens with two attached hydrogens (primary N) is 1. The van der Waals surface area contributed by atoms with E-state index in [1.165, 1.54) is 43.2 Å². The van der Waals surface area contributed by atoms with Gasteiger partial charge in [-0.25, -0.2) is 69.9 Å². The molecule has 31 heteroatoms. The number of rotatable bonds is 10. The Kier molecular flexibility index (Phi) is 29.3. The number of aliphatic hydroxyl groups excluding tert-OH is 1. The van der Waals surface area contributed by atoms with Crippen LogP contribution < -0.4 is 20.5 Å². The van der Waals surface area contributed by atoms with Crippen molar-refractivity contribution in [3.63, 3.8) is 0 Å². The molecule has 0 bridgehead atoms. The number of anilines is 3. The lowest BCUT2D eigenvalue weighted by Gasteiger charge is -2.33. The van der Waals surface area contributed by atoms with Crippen molar-refractivity contribution in [2.45, 2.75) is 217 Å². The molecule has 24 nitrogen and oxygen atoms in total. The van der Waals surface area contributed by atoms with E-state index in [9.17, 15) is 45.1 Å². The number of ether oxygens (including phenoxy) is 5. The van der Waals surface area contributed by atoms with Crippen LogP contribution in [0.1, 0.15) is 157 Å². The number of amides is 3. The van der Waals surface area contributed by atoms with Gasteiger partial charge in [-0.1, -0.05) is 48.7 Å². The molecule has 5 aliphatic rings. The number of hydrogen-bond donors (Lipinski definition) is 3. The van der Waals surface area contributed by atoms with Crippen molar-refractivity contribution in [3.8, 4) is 11.8 Å². The molecule has 3 aromatic heterocycles. The van der Waals surface area contributed by atoms with E-state index < -0.39 is 53.4 Å². The minimum atomic E-state index is -3.47. The number of nitrogens with one attached hydrogen (secondary N) is 1. The van der Waals surface area contributed by atoms with Crippen LogP contribution in [0.2, 0.25) is 15.5 Å². The summed E-state index contributed by atoms with van der Waals surface area (Å²) in [5.74, 6) is -0.117. The van der Waals surface area contributed by atoms with Crippen LogP contribution >= 0.6 is 34.8 Å². The summed E-state index contributed by atoms with van der Waals surface area (Å²) in [6.45, 7) is 29.4. The van der Waals surface area contributed by atoms with Gasteiger partial charge in [0.25, 0.3) is 0 Å². The molecule has 6 heterocycles. The van der Waals surface area contributed by atoms with Gasteiger partial charge in [-0.3, -0.25) is 0 Å². The first-order chi connectivity index (χ1) is 44.8. The Morgan fingerprint density at radius 2 is 0.865 bits per heavy atom. The predicted molar refractivity (Wildman–Crippen MR) is 364 cm³/mol. The molecule has 532 valence electrons. The van der Waals surface area contributed by atoms with Gasteiger partial charge in [0.1, 0.15) is 80.9 Å². The number of halogens is 5. The van der Waals surface area contributed by atoms with Gasteiger partial charge in [0, 0.05) is 76.1 Å². The zero-order chi connectivity index (χ0) is 71.7. The van der Waals surface area contributed by atoms with Crippen molar-refractivity contribution in [1.29, 1.82) is 0 Å². The van der Waals surface area contributed by atoms with Crippen LogP contribution in [0.15, 0.2) is 65.2 Å². The van der Waals surface area contributed by atoms with Gasteiger partial charge >= 0.3 is 18.3 Å². The third kappa shape index (κ3) is 25.3. The molecule has 0 unspecified atom stereocenters. The maximum Gasteiger partial charge on any atom is 0.410 e. The summed E-state index contributed by atoms with van der Waals surface area (Å²) in [6.07, 6.45) is 9.39. The molecule has 2 aliphatic carbocycles. The number of carbonyl (C=O) groups is 3. The Morgan fingerprint density at radius 3 is 1.23 bits per heavy atom. The maximum absolute atomic E-state index is 14.7. The van der Waals surface area contributed by atoms with Gasteiger partial charge in [0.15, 0.2) is 19.7 Å². The minimum absolute atomic E-state index is 0.00999. The molecule has 4 N–H and O–H groups in total. The Bertz CT molecular complexity index is 3630. The molecule has 96 heavy (non-hydrogen) atoms. The molecular weight excluding hydrogens is 1350 g/mol. The normalized spacial score (nSPS) is 16.4. The van der Waals surface area contributed by atoms with E-state index in [-0.39, 0.29) is 63.0 Å². The van der Waals surface area contributed by atoms with Crippen molar-refractivity contribution < 1.29 is 68.8 Å².